The minimum absolute atomic E-state index is 0.0465. The minimum Gasteiger partial charge on any atom is -0.393 e. The molecular weight excluding hydrogens is 450 g/mol. The number of aromatic nitrogens is 2. The summed E-state index contributed by atoms with van der Waals surface area (Å²) in [5, 5.41) is 16.2. The topological polar surface area (TPSA) is 107 Å². The van der Waals surface area contributed by atoms with Gasteiger partial charge in [0.05, 0.1) is 11.0 Å². The third kappa shape index (κ3) is 4.68. The van der Waals surface area contributed by atoms with E-state index in [4.69, 9.17) is 0 Å². The first-order valence-electron chi connectivity index (χ1n) is 12.3. The number of aryl methyl sites for hydroxylation is 1. The molecule has 0 radical (unpaired) electrons. The van der Waals surface area contributed by atoms with E-state index in [1.807, 2.05) is 17.9 Å². The van der Waals surface area contributed by atoms with Crippen molar-refractivity contribution in [3.8, 4) is 10.4 Å². The van der Waals surface area contributed by atoms with E-state index in [0.29, 0.717) is 41.9 Å². The highest BCUT2D eigenvalue weighted by molar-refractivity contribution is 7.17. The van der Waals surface area contributed by atoms with Gasteiger partial charge < -0.3 is 20.6 Å². The number of carbonyl (C=O) groups excluding carboxylic acids is 2. The fraction of sp³-hybridized carbons (Fsp3) is 0.600. The summed E-state index contributed by atoms with van der Waals surface area (Å²) in [6, 6.07) is 2.51. The number of thiazole rings is 1. The van der Waals surface area contributed by atoms with Crippen LogP contribution >= 0.6 is 11.3 Å². The maximum atomic E-state index is 13.5. The Hall–Kier alpha value is -2.52. The van der Waals surface area contributed by atoms with Gasteiger partial charge in [-0.3, -0.25) is 9.59 Å². The lowest BCUT2D eigenvalue weighted by atomic mass is 9.89. The van der Waals surface area contributed by atoms with Crippen molar-refractivity contribution in [2.75, 3.05) is 11.9 Å². The van der Waals surface area contributed by atoms with Crippen LogP contribution in [0.4, 0.5) is 5.82 Å². The van der Waals surface area contributed by atoms with Crippen LogP contribution in [0.15, 0.2) is 12.3 Å². The number of aliphatic hydroxyl groups excluding tert-OH is 1. The number of carbonyl (C=O) groups is 2. The predicted molar refractivity (Wildman–Crippen MR) is 132 cm³/mol. The summed E-state index contributed by atoms with van der Waals surface area (Å²) < 4.78 is 0. The van der Waals surface area contributed by atoms with Crippen molar-refractivity contribution in [2.45, 2.75) is 83.5 Å². The van der Waals surface area contributed by atoms with Crippen molar-refractivity contribution < 1.29 is 14.7 Å². The molecule has 3 aliphatic rings. The standard InChI is InChI=1S/C25H33N5O3S/c1-13-9-20(27-15(3)16-6-7-16)26-12-19(13)22-21(25(33)30-8-4-5-14(30)2)29-24(34-22)23(32)28-17-10-18(31)11-17/h9,12,14-18,31H,4-8,10-11H2,1-3H3,(H,26,27)(H,28,32)/t14-,15+,17-,18-/m0/s1. The Kier molecular flexibility index (Phi) is 6.33. The highest BCUT2D eigenvalue weighted by atomic mass is 32.1. The van der Waals surface area contributed by atoms with Crippen LogP contribution in [0.3, 0.4) is 0 Å². The van der Waals surface area contributed by atoms with Gasteiger partial charge in [0.2, 0.25) is 0 Å². The van der Waals surface area contributed by atoms with Crippen LogP contribution in [0.25, 0.3) is 10.4 Å². The van der Waals surface area contributed by atoms with E-state index in [-0.39, 0.29) is 35.0 Å². The number of nitrogens with one attached hydrogen (secondary N) is 2. The molecule has 0 aromatic carbocycles. The maximum Gasteiger partial charge on any atom is 0.280 e. The third-order valence-corrected chi connectivity index (χ3v) is 8.43. The average Bonchev–Trinajstić information content (AvgIpc) is 3.40. The number of amides is 2. The molecule has 1 saturated heterocycles. The van der Waals surface area contributed by atoms with Gasteiger partial charge in [0.15, 0.2) is 5.01 Å². The van der Waals surface area contributed by atoms with Gasteiger partial charge in [-0.05, 0) is 76.8 Å². The molecule has 2 saturated carbocycles. The van der Waals surface area contributed by atoms with E-state index >= 15 is 0 Å². The highest BCUT2D eigenvalue weighted by Gasteiger charge is 2.34. The number of likely N-dealkylation sites (tertiary alicyclic amines) is 1. The van der Waals surface area contributed by atoms with E-state index < -0.39 is 0 Å². The van der Waals surface area contributed by atoms with Crippen LogP contribution in [-0.4, -0.2) is 62.6 Å². The summed E-state index contributed by atoms with van der Waals surface area (Å²) in [4.78, 5) is 38.1. The average molecular weight is 484 g/mol. The second-order valence-corrected chi connectivity index (χ2v) is 11.1. The summed E-state index contributed by atoms with van der Waals surface area (Å²) in [6.07, 6.45) is 7.02. The Morgan fingerprint density at radius 3 is 2.65 bits per heavy atom. The molecule has 9 heteroatoms. The molecular formula is C25H33N5O3S. The van der Waals surface area contributed by atoms with E-state index in [0.717, 1.165) is 29.8 Å². The first-order valence-corrected chi connectivity index (χ1v) is 13.2. The molecule has 2 aromatic heterocycles. The quantitative estimate of drug-likeness (QED) is 0.555. The molecule has 3 N–H and O–H groups in total. The van der Waals surface area contributed by atoms with Crippen LogP contribution in [0.5, 0.6) is 0 Å². The zero-order valence-electron chi connectivity index (χ0n) is 20.0. The van der Waals surface area contributed by atoms with Crippen LogP contribution in [-0.2, 0) is 0 Å². The fourth-order valence-corrected chi connectivity index (χ4v) is 5.92. The molecule has 3 fully saturated rings. The van der Waals surface area contributed by atoms with Crippen LogP contribution < -0.4 is 10.6 Å². The number of aliphatic hydroxyl groups is 1. The van der Waals surface area contributed by atoms with Crippen molar-refractivity contribution in [3.05, 3.63) is 28.5 Å². The molecule has 1 aliphatic heterocycles. The number of pyridine rings is 1. The Labute approximate surface area is 204 Å². The molecule has 2 amide bonds. The minimum atomic E-state index is -0.352. The SMILES string of the molecule is Cc1cc(N[C@H](C)C2CC2)ncc1-c1sc(C(=O)N[C@H]2C[C@H](O)C2)nc1C(=O)N1CCC[C@@H]1C. The van der Waals surface area contributed by atoms with Crippen molar-refractivity contribution in [1.82, 2.24) is 20.2 Å². The lowest BCUT2D eigenvalue weighted by molar-refractivity contribution is 0.0562. The molecule has 0 bridgehead atoms. The summed E-state index contributed by atoms with van der Waals surface area (Å²) in [5.74, 6) is 1.12. The van der Waals surface area contributed by atoms with E-state index in [2.05, 4.69) is 34.4 Å². The molecule has 0 unspecified atom stereocenters. The number of rotatable bonds is 7. The molecule has 182 valence electrons. The summed E-state index contributed by atoms with van der Waals surface area (Å²) in [7, 11) is 0. The van der Waals surface area contributed by atoms with E-state index in [1.165, 1.54) is 24.2 Å². The molecule has 2 atom stereocenters. The van der Waals surface area contributed by atoms with Gasteiger partial charge in [-0.15, -0.1) is 11.3 Å². The van der Waals surface area contributed by atoms with Gasteiger partial charge in [-0.25, -0.2) is 9.97 Å². The second-order valence-electron chi connectivity index (χ2n) is 10.1. The highest BCUT2D eigenvalue weighted by Crippen LogP contribution is 2.37. The Bertz CT molecular complexity index is 1090. The number of anilines is 1. The molecule has 2 aromatic rings. The Balaban J connectivity index is 1.45. The largest absolute Gasteiger partial charge is 0.393 e. The molecule has 8 nitrogen and oxygen atoms in total. The first kappa shape index (κ1) is 23.2. The molecule has 0 spiro atoms. The fourth-order valence-electron chi connectivity index (χ4n) is 4.89. The Morgan fingerprint density at radius 1 is 1.26 bits per heavy atom. The van der Waals surface area contributed by atoms with Gasteiger partial charge in [0.25, 0.3) is 11.8 Å². The summed E-state index contributed by atoms with van der Waals surface area (Å²) >= 11 is 1.24. The number of hydrogen-bond acceptors (Lipinski definition) is 7. The first-order chi connectivity index (χ1) is 16.3. The van der Waals surface area contributed by atoms with Gasteiger partial charge >= 0.3 is 0 Å². The molecule has 34 heavy (non-hydrogen) atoms. The molecule has 2 aliphatic carbocycles. The van der Waals surface area contributed by atoms with Crippen molar-refractivity contribution in [3.63, 3.8) is 0 Å². The number of nitrogens with zero attached hydrogens (tertiary/aromatic N) is 3. The monoisotopic (exact) mass is 483 g/mol. The number of hydrogen-bond donors (Lipinski definition) is 3. The zero-order chi connectivity index (χ0) is 24.0. The van der Waals surface area contributed by atoms with Crippen molar-refractivity contribution >= 4 is 29.0 Å². The third-order valence-electron chi connectivity index (χ3n) is 7.35. The van der Waals surface area contributed by atoms with Crippen LogP contribution in [0.2, 0.25) is 0 Å². The van der Waals surface area contributed by atoms with Gasteiger partial charge in [0.1, 0.15) is 11.5 Å². The van der Waals surface area contributed by atoms with Crippen LogP contribution in [0, 0.1) is 12.8 Å². The van der Waals surface area contributed by atoms with Gasteiger partial charge in [-0.1, -0.05) is 0 Å². The normalized spacial score (nSPS) is 25.1. The second kappa shape index (κ2) is 9.26. The van der Waals surface area contributed by atoms with Gasteiger partial charge in [0, 0.05) is 36.4 Å². The molecule has 3 heterocycles. The van der Waals surface area contributed by atoms with E-state index in [9.17, 15) is 14.7 Å². The van der Waals surface area contributed by atoms with Gasteiger partial charge in [-0.2, -0.15) is 0 Å². The maximum absolute atomic E-state index is 13.5. The van der Waals surface area contributed by atoms with Crippen LogP contribution in [0.1, 0.15) is 78.2 Å². The van der Waals surface area contributed by atoms with E-state index in [1.54, 1.807) is 6.20 Å². The predicted octanol–water partition coefficient (Wildman–Crippen LogP) is 3.60. The lowest BCUT2D eigenvalue weighted by Crippen LogP contribution is -2.46. The Morgan fingerprint density at radius 2 is 2.03 bits per heavy atom. The molecule has 5 rings (SSSR count). The summed E-state index contributed by atoms with van der Waals surface area (Å²) in [6.45, 7) is 6.95. The zero-order valence-corrected chi connectivity index (χ0v) is 20.8. The lowest BCUT2D eigenvalue weighted by Gasteiger charge is -2.31. The van der Waals surface area contributed by atoms with Crippen molar-refractivity contribution in [2.24, 2.45) is 5.92 Å². The summed E-state index contributed by atoms with van der Waals surface area (Å²) in [5.41, 5.74) is 2.15. The van der Waals surface area contributed by atoms with Crippen molar-refractivity contribution in [1.29, 1.82) is 0 Å². The smallest absolute Gasteiger partial charge is 0.280 e.